The van der Waals surface area contributed by atoms with Crippen LogP contribution < -0.4 is 9.80 Å². The average molecular weight is 327 g/mol. The molecular weight excluding hydrogens is 298 g/mol. The number of H-pyrrole nitrogens is 1. The zero-order chi connectivity index (χ0) is 17.3. The van der Waals surface area contributed by atoms with Crippen molar-refractivity contribution in [3.05, 3.63) is 30.1 Å². The number of aromatic amines is 1. The van der Waals surface area contributed by atoms with Crippen molar-refractivity contribution in [3.8, 4) is 11.1 Å². The van der Waals surface area contributed by atoms with Gasteiger partial charge in [-0.25, -0.2) is 0 Å². The number of rotatable bonds is 5. The summed E-state index contributed by atoms with van der Waals surface area (Å²) in [7, 11) is 6.67. The molecule has 0 bridgehead atoms. The largest absolute Gasteiger partial charge is 0.371 e. The monoisotopic (exact) mass is 327 g/mol. The quantitative estimate of drug-likeness (QED) is 0.916. The molecule has 24 heavy (non-hydrogen) atoms. The summed E-state index contributed by atoms with van der Waals surface area (Å²) < 4.78 is 0. The number of hydrogen-bond donors (Lipinski definition) is 1. The predicted molar refractivity (Wildman–Crippen MR) is 102 cm³/mol. The molecule has 0 spiro atoms. The van der Waals surface area contributed by atoms with Crippen molar-refractivity contribution >= 4 is 11.4 Å². The number of benzene rings is 1. The van der Waals surface area contributed by atoms with E-state index < -0.39 is 0 Å². The molecule has 3 rings (SSSR count). The number of likely N-dealkylation sites (N-methyl/N-ethyl adjacent to an activating group) is 3. The Balaban J connectivity index is 2.01. The van der Waals surface area contributed by atoms with Crippen LogP contribution in [0.2, 0.25) is 0 Å². The van der Waals surface area contributed by atoms with Crippen molar-refractivity contribution in [3.63, 3.8) is 0 Å². The van der Waals surface area contributed by atoms with Crippen LogP contribution in [0.25, 0.3) is 11.1 Å². The van der Waals surface area contributed by atoms with E-state index in [1.54, 1.807) is 0 Å². The first-order chi connectivity index (χ1) is 11.5. The van der Waals surface area contributed by atoms with E-state index in [-0.39, 0.29) is 0 Å². The Morgan fingerprint density at radius 1 is 1.29 bits per heavy atom. The van der Waals surface area contributed by atoms with Gasteiger partial charge in [0, 0.05) is 44.5 Å². The topological polar surface area (TPSA) is 38.4 Å². The number of hydrogen-bond acceptors (Lipinski definition) is 4. The van der Waals surface area contributed by atoms with E-state index in [4.69, 9.17) is 0 Å². The smallest absolute Gasteiger partial charge is 0.0688 e. The lowest BCUT2D eigenvalue weighted by molar-refractivity contribution is 0.306. The molecule has 0 fully saturated rings. The number of fused-ring (bicyclic) bond motifs is 1. The van der Waals surface area contributed by atoms with Crippen LogP contribution in [0.3, 0.4) is 0 Å². The number of nitrogens with zero attached hydrogens (tertiary/aromatic N) is 4. The molecule has 0 saturated carbocycles. The van der Waals surface area contributed by atoms with E-state index >= 15 is 0 Å². The van der Waals surface area contributed by atoms with Crippen LogP contribution in [0.1, 0.15) is 18.9 Å². The minimum Gasteiger partial charge on any atom is -0.371 e. The van der Waals surface area contributed by atoms with Gasteiger partial charge in [-0.2, -0.15) is 5.10 Å². The molecule has 0 amide bonds. The molecule has 5 heteroatoms. The van der Waals surface area contributed by atoms with Crippen molar-refractivity contribution < 1.29 is 0 Å². The maximum Gasteiger partial charge on any atom is 0.0688 e. The first-order valence-electron chi connectivity index (χ1n) is 8.78. The highest BCUT2D eigenvalue weighted by Crippen LogP contribution is 2.43. The first-order valence-corrected chi connectivity index (χ1v) is 8.78. The van der Waals surface area contributed by atoms with Gasteiger partial charge in [-0.3, -0.25) is 5.10 Å². The summed E-state index contributed by atoms with van der Waals surface area (Å²) in [5.41, 5.74) is 6.38. The van der Waals surface area contributed by atoms with Crippen LogP contribution in [-0.4, -0.2) is 61.9 Å². The van der Waals surface area contributed by atoms with Crippen molar-refractivity contribution in [1.82, 2.24) is 15.1 Å². The normalized spacial score (nSPS) is 17.5. The Labute approximate surface area is 145 Å². The maximum atomic E-state index is 4.14. The summed E-state index contributed by atoms with van der Waals surface area (Å²) in [5, 5.41) is 7.09. The van der Waals surface area contributed by atoms with E-state index in [1.807, 2.05) is 12.4 Å². The van der Waals surface area contributed by atoms with Crippen molar-refractivity contribution in [2.75, 3.05) is 50.6 Å². The van der Waals surface area contributed by atoms with Crippen molar-refractivity contribution in [1.29, 1.82) is 0 Å². The minimum atomic E-state index is 0.478. The van der Waals surface area contributed by atoms with Gasteiger partial charge in [0.05, 0.1) is 23.6 Å². The Morgan fingerprint density at radius 2 is 2.08 bits per heavy atom. The maximum absolute atomic E-state index is 4.14. The number of aryl methyl sites for hydroxylation is 1. The molecule has 0 saturated heterocycles. The van der Waals surface area contributed by atoms with E-state index in [2.05, 4.69) is 72.0 Å². The van der Waals surface area contributed by atoms with Crippen LogP contribution in [-0.2, 0) is 0 Å². The van der Waals surface area contributed by atoms with Gasteiger partial charge < -0.3 is 14.7 Å². The predicted octanol–water partition coefficient (Wildman–Crippen LogP) is 2.98. The fourth-order valence-corrected chi connectivity index (χ4v) is 3.88. The third kappa shape index (κ3) is 3.00. The third-order valence-electron chi connectivity index (χ3n) is 5.06. The molecule has 1 aromatic heterocycles. The molecule has 1 atom stereocenters. The molecule has 5 nitrogen and oxygen atoms in total. The lowest BCUT2D eigenvalue weighted by Gasteiger charge is -2.44. The molecule has 2 aromatic rings. The number of nitrogens with one attached hydrogen (secondary N) is 1. The zero-order valence-corrected chi connectivity index (χ0v) is 15.5. The SMILES string of the molecule is CCCN(C)CC1CN(C)c2c(C)ccc(-c3cn[nH]c3)c2N1C. The van der Waals surface area contributed by atoms with Gasteiger partial charge in [0.15, 0.2) is 0 Å². The standard InChI is InChI=1S/C19H29N5/c1-6-9-22(3)12-16-13-23(4)18-14(2)7-8-17(19(18)24(16)5)15-10-20-21-11-15/h7-8,10-11,16H,6,9,12-13H2,1-5H3,(H,20,21). The Morgan fingerprint density at radius 3 is 2.75 bits per heavy atom. The lowest BCUT2D eigenvalue weighted by Crippen LogP contribution is -2.51. The minimum absolute atomic E-state index is 0.478. The highest BCUT2D eigenvalue weighted by molar-refractivity contribution is 5.91. The van der Waals surface area contributed by atoms with Crippen molar-refractivity contribution in [2.45, 2.75) is 26.3 Å². The van der Waals surface area contributed by atoms with Crippen LogP contribution >= 0.6 is 0 Å². The second kappa shape index (κ2) is 6.85. The zero-order valence-electron chi connectivity index (χ0n) is 15.5. The van der Waals surface area contributed by atoms with Gasteiger partial charge in [-0.1, -0.05) is 19.1 Å². The molecular formula is C19H29N5. The molecule has 0 radical (unpaired) electrons. The van der Waals surface area contributed by atoms with E-state index in [1.165, 1.54) is 28.9 Å². The Kier molecular flexibility index (Phi) is 4.81. The molecule has 1 aliphatic rings. The third-order valence-corrected chi connectivity index (χ3v) is 5.06. The molecule has 2 heterocycles. The van der Waals surface area contributed by atoms with Gasteiger partial charge in [0.1, 0.15) is 0 Å². The molecule has 1 unspecified atom stereocenters. The summed E-state index contributed by atoms with van der Waals surface area (Å²) in [6.45, 7) is 7.71. The van der Waals surface area contributed by atoms with Gasteiger partial charge in [0.2, 0.25) is 0 Å². The molecule has 1 N–H and O–H groups in total. The van der Waals surface area contributed by atoms with Crippen molar-refractivity contribution in [2.24, 2.45) is 0 Å². The fourth-order valence-electron chi connectivity index (χ4n) is 3.88. The summed E-state index contributed by atoms with van der Waals surface area (Å²) in [4.78, 5) is 7.32. The van der Waals surface area contributed by atoms with Crippen LogP contribution in [0.4, 0.5) is 11.4 Å². The summed E-state index contributed by atoms with van der Waals surface area (Å²) >= 11 is 0. The molecule has 130 valence electrons. The van der Waals surface area contributed by atoms with Crippen LogP contribution in [0.5, 0.6) is 0 Å². The fraction of sp³-hybridized carbons (Fsp3) is 0.526. The average Bonchev–Trinajstić information content (AvgIpc) is 3.06. The van der Waals surface area contributed by atoms with Gasteiger partial charge >= 0.3 is 0 Å². The summed E-state index contributed by atoms with van der Waals surface area (Å²) in [5.74, 6) is 0. The molecule has 1 aliphatic heterocycles. The molecule has 1 aromatic carbocycles. The van der Waals surface area contributed by atoms with Crippen LogP contribution in [0.15, 0.2) is 24.5 Å². The number of aromatic nitrogens is 2. The van der Waals surface area contributed by atoms with Gasteiger partial charge in [-0.05, 0) is 32.5 Å². The van der Waals surface area contributed by atoms with Gasteiger partial charge in [0.25, 0.3) is 0 Å². The van der Waals surface area contributed by atoms with E-state index in [0.29, 0.717) is 6.04 Å². The first kappa shape index (κ1) is 16.8. The Bertz CT molecular complexity index is 679. The van der Waals surface area contributed by atoms with Gasteiger partial charge in [-0.15, -0.1) is 0 Å². The van der Waals surface area contributed by atoms with E-state index in [9.17, 15) is 0 Å². The Hall–Kier alpha value is -2.01. The highest BCUT2D eigenvalue weighted by Gasteiger charge is 2.31. The van der Waals surface area contributed by atoms with Crippen LogP contribution in [0, 0.1) is 6.92 Å². The number of anilines is 2. The second-order valence-electron chi connectivity index (χ2n) is 7.02. The second-order valence-corrected chi connectivity index (χ2v) is 7.02. The van der Waals surface area contributed by atoms with E-state index in [0.717, 1.165) is 25.2 Å². The summed E-state index contributed by atoms with van der Waals surface area (Å²) in [6, 6.07) is 4.92. The summed E-state index contributed by atoms with van der Waals surface area (Å²) in [6.07, 6.45) is 5.08. The lowest BCUT2D eigenvalue weighted by atomic mass is 9.97. The highest BCUT2D eigenvalue weighted by atomic mass is 15.3. The molecule has 0 aliphatic carbocycles.